The molecule has 6 heteroatoms. The number of hydrogen-bond donors (Lipinski definition) is 0. The molecule has 0 aliphatic carbocycles. The van der Waals surface area contributed by atoms with E-state index in [4.69, 9.17) is 4.18 Å². The van der Waals surface area contributed by atoms with Crippen LogP contribution in [0.4, 0.5) is 0 Å². The topological polar surface area (TPSA) is 66.4 Å². The van der Waals surface area contributed by atoms with Gasteiger partial charge in [0.1, 0.15) is 0 Å². The first-order chi connectivity index (χ1) is 9.08. The van der Waals surface area contributed by atoms with Crippen LogP contribution >= 0.6 is 0 Å². The first kappa shape index (κ1) is 19.9. The van der Waals surface area contributed by atoms with E-state index in [1.807, 2.05) is 0 Å². The molecule has 0 aliphatic heterocycles. The summed E-state index contributed by atoms with van der Waals surface area (Å²) in [7, 11) is -3.90. The molecule has 0 saturated heterocycles. The van der Waals surface area contributed by atoms with Crippen LogP contribution in [0.3, 0.4) is 0 Å². The molecule has 0 atom stereocenters. The molecule has 1 aromatic rings. The van der Waals surface area contributed by atoms with Crippen LogP contribution in [0.1, 0.15) is 45.4 Å². The molecular formula is C14H21NaO4S. The van der Waals surface area contributed by atoms with Gasteiger partial charge in [-0.2, -0.15) is 8.42 Å². The average Bonchev–Trinajstić information content (AvgIpc) is 2.38. The van der Waals surface area contributed by atoms with Gasteiger partial charge < -0.3 is 5.11 Å². The van der Waals surface area contributed by atoms with Crippen molar-refractivity contribution in [2.45, 2.75) is 50.3 Å². The van der Waals surface area contributed by atoms with Crippen molar-refractivity contribution in [3.8, 4) is 5.75 Å². The first-order valence-corrected chi connectivity index (χ1v) is 8.14. The normalized spacial score (nSPS) is 11.1. The number of benzene rings is 1. The van der Waals surface area contributed by atoms with E-state index < -0.39 is 15.9 Å². The van der Waals surface area contributed by atoms with Gasteiger partial charge in [0, 0.05) is 0 Å². The van der Waals surface area contributed by atoms with Crippen molar-refractivity contribution < 1.29 is 47.3 Å². The second-order valence-corrected chi connectivity index (χ2v) is 6.07. The first-order valence-electron chi connectivity index (χ1n) is 6.73. The van der Waals surface area contributed by atoms with Crippen LogP contribution < -0.4 is 34.7 Å². The van der Waals surface area contributed by atoms with E-state index in [1.165, 1.54) is 43.5 Å². The Morgan fingerprint density at radius 1 is 1.05 bits per heavy atom. The van der Waals surface area contributed by atoms with Crippen LogP contribution in [0.2, 0.25) is 0 Å². The van der Waals surface area contributed by atoms with Crippen LogP contribution in [0.5, 0.6) is 5.75 Å². The number of rotatable bonds is 9. The molecule has 0 radical (unpaired) electrons. The fourth-order valence-corrected chi connectivity index (χ4v) is 2.80. The molecule has 108 valence electrons. The molecule has 0 heterocycles. The van der Waals surface area contributed by atoms with Crippen LogP contribution in [-0.4, -0.2) is 15.0 Å². The molecule has 0 unspecified atom stereocenters. The maximum atomic E-state index is 11.8. The van der Waals surface area contributed by atoms with Crippen LogP contribution in [0.25, 0.3) is 0 Å². The van der Waals surface area contributed by atoms with E-state index in [1.54, 1.807) is 0 Å². The van der Waals surface area contributed by atoms with Crippen molar-refractivity contribution >= 4 is 10.1 Å². The molecule has 1 rings (SSSR count). The molecule has 1 aromatic carbocycles. The maximum Gasteiger partial charge on any atom is 1.00 e. The van der Waals surface area contributed by atoms with Gasteiger partial charge in [0.05, 0.1) is 11.5 Å². The van der Waals surface area contributed by atoms with E-state index >= 15 is 0 Å². The van der Waals surface area contributed by atoms with E-state index in [0.717, 1.165) is 12.8 Å². The Morgan fingerprint density at radius 2 is 1.65 bits per heavy atom. The third kappa shape index (κ3) is 7.09. The van der Waals surface area contributed by atoms with Crippen molar-refractivity contribution in [1.29, 1.82) is 0 Å². The Morgan fingerprint density at radius 3 is 2.30 bits per heavy atom. The maximum absolute atomic E-state index is 11.8. The summed E-state index contributed by atoms with van der Waals surface area (Å²) in [5.74, 6) is -0.523. The van der Waals surface area contributed by atoms with Gasteiger partial charge in [-0.3, -0.25) is 4.18 Å². The average molecular weight is 308 g/mol. The summed E-state index contributed by atoms with van der Waals surface area (Å²) in [6.07, 6.45) is 6.31. The van der Waals surface area contributed by atoms with Crippen molar-refractivity contribution in [2.75, 3.05) is 6.61 Å². The number of hydrogen-bond acceptors (Lipinski definition) is 4. The third-order valence-electron chi connectivity index (χ3n) is 2.85. The Balaban J connectivity index is 0.00000361. The summed E-state index contributed by atoms with van der Waals surface area (Å²) < 4.78 is 28.4. The monoisotopic (exact) mass is 308 g/mol. The molecule has 0 amide bonds. The molecule has 0 aliphatic rings. The molecular weight excluding hydrogens is 287 g/mol. The largest absolute Gasteiger partial charge is 1.00 e. The van der Waals surface area contributed by atoms with Crippen molar-refractivity contribution in [1.82, 2.24) is 0 Å². The zero-order valence-electron chi connectivity index (χ0n) is 12.3. The molecule has 4 nitrogen and oxygen atoms in total. The molecule has 20 heavy (non-hydrogen) atoms. The predicted molar refractivity (Wildman–Crippen MR) is 72.4 cm³/mol. The fourth-order valence-electron chi connectivity index (χ4n) is 1.77. The van der Waals surface area contributed by atoms with Crippen LogP contribution in [-0.2, 0) is 14.3 Å². The molecule has 0 aromatic heterocycles. The standard InChI is InChI=1S/C14H22O4S.Na/c1-2-3-4-5-6-9-12-18-19(16,17)14-11-8-7-10-13(14)15;/h7-8,10-11,15H,2-6,9,12H2,1H3;/q;+1/p-1. The Kier molecular flexibility index (Phi) is 10.6. The number of unbranched alkanes of at least 4 members (excludes halogenated alkanes) is 5. The SMILES string of the molecule is CCCCCCCCOS(=O)(=O)c1ccccc1[O-].[Na+]. The molecule has 0 saturated carbocycles. The van der Waals surface area contributed by atoms with Gasteiger partial charge in [-0.25, -0.2) is 0 Å². The van der Waals surface area contributed by atoms with Crippen molar-refractivity contribution in [2.24, 2.45) is 0 Å². The van der Waals surface area contributed by atoms with E-state index in [0.29, 0.717) is 6.42 Å². The molecule has 0 bridgehead atoms. The minimum absolute atomic E-state index is 0. The minimum Gasteiger partial charge on any atom is -0.872 e. The zero-order valence-corrected chi connectivity index (χ0v) is 15.1. The predicted octanol–water partition coefficient (Wildman–Crippen LogP) is -0.170. The zero-order chi connectivity index (χ0) is 14.1. The van der Waals surface area contributed by atoms with Crippen molar-refractivity contribution in [3.63, 3.8) is 0 Å². The van der Waals surface area contributed by atoms with E-state index in [2.05, 4.69) is 6.92 Å². The Bertz CT molecular complexity index is 474. The molecule has 0 fully saturated rings. The van der Waals surface area contributed by atoms with Crippen LogP contribution in [0, 0.1) is 0 Å². The van der Waals surface area contributed by atoms with Gasteiger partial charge in [-0.15, -0.1) is 0 Å². The quantitative estimate of drug-likeness (QED) is 0.361. The second kappa shape index (κ2) is 10.6. The van der Waals surface area contributed by atoms with Gasteiger partial charge >= 0.3 is 29.6 Å². The van der Waals surface area contributed by atoms with Crippen LogP contribution in [0.15, 0.2) is 29.2 Å². The Labute approximate surface area is 144 Å². The summed E-state index contributed by atoms with van der Waals surface area (Å²) in [4.78, 5) is -0.277. The molecule has 0 N–H and O–H groups in total. The third-order valence-corrected chi connectivity index (χ3v) is 4.21. The van der Waals surface area contributed by atoms with Crippen molar-refractivity contribution in [3.05, 3.63) is 24.3 Å². The van der Waals surface area contributed by atoms with Gasteiger partial charge in [0.15, 0.2) is 0 Å². The van der Waals surface area contributed by atoms with Gasteiger partial charge in [0.25, 0.3) is 10.1 Å². The number of para-hydroxylation sites is 1. The minimum atomic E-state index is -3.90. The summed E-state index contributed by atoms with van der Waals surface area (Å²) in [5, 5.41) is 11.4. The van der Waals surface area contributed by atoms with E-state index in [-0.39, 0.29) is 41.1 Å². The smallest absolute Gasteiger partial charge is 0.872 e. The summed E-state index contributed by atoms with van der Waals surface area (Å²) in [5.41, 5.74) is 0. The summed E-state index contributed by atoms with van der Waals surface area (Å²) >= 11 is 0. The van der Waals surface area contributed by atoms with Gasteiger partial charge in [-0.1, -0.05) is 63.0 Å². The van der Waals surface area contributed by atoms with Gasteiger partial charge in [-0.05, 0) is 12.5 Å². The summed E-state index contributed by atoms with van der Waals surface area (Å²) in [6.45, 7) is 2.29. The Hall–Kier alpha value is -0.0700. The second-order valence-electron chi connectivity index (χ2n) is 4.49. The molecule has 0 spiro atoms. The fraction of sp³-hybridized carbons (Fsp3) is 0.571. The van der Waals surface area contributed by atoms with Gasteiger partial charge in [0.2, 0.25) is 0 Å². The van der Waals surface area contributed by atoms with E-state index in [9.17, 15) is 13.5 Å². The summed E-state index contributed by atoms with van der Waals surface area (Å²) in [6, 6.07) is 5.53.